The van der Waals surface area contributed by atoms with E-state index >= 15 is 0 Å². The number of anilines is 1. The average Bonchev–Trinajstić information content (AvgIpc) is 2.69. The Morgan fingerprint density at radius 1 is 0.880 bits per heavy atom. The first-order valence-corrected chi connectivity index (χ1v) is 8.95. The van der Waals surface area contributed by atoms with Gasteiger partial charge in [-0.3, -0.25) is 4.90 Å². The van der Waals surface area contributed by atoms with Gasteiger partial charge >= 0.3 is 0 Å². The van der Waals surface area contributed by atoms with Gasteiger partial charge in [0, 0.05) is 45.1 Å². The van der Waals surface area contributed by atoms with Crippen LogP contribution in [0.5, 0.6) is 11.5 Å². The summed E-state index contributed by atoms with van der Waals surface area (Å²) in [6.45, 7) is 8.39. The molecule has 6 nitrogen and oxygen atoms in total. The number of piperazine rings is 1. The van der Waals surface area contributed by atoms with Crippen LogP contribution in [-0.2, 0) is 0 Å². The Labute approximate surface area is 149 Å². The Morgan fingerprint density at radius 3 is 2.08 bits per heavy atom. The van der Waals surface area contributed by atoms with Gasteiger partial charge in [-0.05, 0) is 36.8 Å². The normalized spacial score (nSPS) is 15.2. The maximum absolute atomic E-state index is 5.84. The van der Waals surface area contributed by atoms with Gasteiger partial charge in [0.2, 0.25) is 5.95 Å². The van der Waals surface area contributed by atoms with Gasteiger partial charge in [0.15, 0.2) is 0 Å². The highest BCUT2D eigenvalue weighted by atomic mass is 16.5. The standard InChI is InChI=1S/C19H26N4O2/c1-2-15-24-17-4-6-18(7-5-17)25-16-14-22-10-12-23(13-11-22)19-20-8-3-9-21-19/h3-9H,2,10-16H2,1H3. The molecule has 0 unspecified atom stereocenters. The van der Waals surface area contributed by atoms with Gasteiger partial charge in [0.1, 0.15) is 18.1 Å². The third-order valence-corrected chi connectivity index (χ3v) is 4.18. The van der Waals surface area contributed by atoms with Crippen LogP contribution in [0.1, 0.15) is 13.3 Å². The number of aromatic nitrogens is 2. The molecule has 0 N–H and O–H groups in total. The first-order valence-electron chi connectivity index (χ1n) is 8.95. The Kier molecular flexibility index (Phi) is 6.45. The van der Waals surface area contributed by atoms with Crippen molar-refractivity contribution in [3.05, 3.63) is 42.7 Å². The largest absolute Gasteiger partial charge is 0.494 e. The van der Waals surface area contributed by atoms with E-state index in [0.29, 0.717) is 6.61 Å². The lowest BCUT2D eigenvalue weighted by atomic mass is 10.3. The zero-order valence-corrected chi connectivity index (χ0v) is 14.8. The van der Waals surface area contributed by atoms with Gasteiger partial charge < -0.3 is 14.4 Å². The molecule has 134 valence electrons. The molecule has 0 bridgehead atoms. The molecule has 0 radical (unpaired) electrons. The van der Waals surface area contributed by atoms with Crippen LogP contribution in [0.4, 0.5) is 5.95 Å². The summed E-state index contributed by atoms with van der Waals surface area (Å²) in [6, 6.07) is 9.71. The molecule has 0 spiro atoms. The van der Waals surface area contributed by atoms with E-state index in [9.17, 15) is 0 Å². The van der Waals surface area contributed by atoms with Crippen LogP contribution in [0.15, 0.2) is 42.7 Å². The van der Waals surface area contributed by atoms with Crippen molar-refractivity contribution in [1.29, 1.82) is 0 Å². The molecule has 0 amide bonds. The van der Waals surface area contributed by atoms with Crippen molar-refractivity contribution in [1.82, 2.24) is 14.9 Å². The van der Waals surface area contributed by atoms with Gasteiger partial charge in [-0.15, -0.1) is 0 Å². The number of benzene rings is 1. The van der Waals surface area contributed by atoms with Crippen molar-refractivity contribution in [2.75, 3.05) is 50.8 Å². The summed E-state index contributed by atoms with van der Waals surface area (Å²) in [4.78, 5) is 13.3. The summed E-state index contributed by atoms with van der Waals surface area (Å²) in [5, 5.41) is 0. The van der Waals surface area contributed by atoms with Gasteiger partial charge in [-0.1, -0.05) is 6.92 Å². The molecule has 1 fully saturated rings. The molecule has 1 aromatic heterocycles. The molecule has 1 saturated heterocycles. The second-order valence-corrected chi connectivity index (χ2v) is 6.05. The van der Waals surface area contributed by atoms with Crippen molar-refractivity contribution < 1.29 is 9.47 Å². The van der Waals surface area contributed by atoms with Crippen LogP contribution in [-0.4, -0.2) is 60.8 Å². The Balaban J connectivity index is 1.36. The minimum absolute atomic E-state index is 0.691. The van der Waals surface area contributed by atoms with E-state index in [4.69, 9.17) is 9.47 Å². The molecule has 2 aromatic rings. The highest BCUT2D eigenvalue weighted by Crippen LogP contribution is 2.18. The summed E-state index contributed by atoms with van der Waals surface area (Å²) in [6.07, 6.45) is 4.60. The fraction of sp³-hybridized carbons (Fsp3) is 0.474. The molecule has 1 aromatic carbocycles. The molecule has 1 aliphatic heterocycles. The monoisotopic (exact) mass is 342 g/mol. The molecule has 2 heterocycles. The summed E-state index contributed by atoms with van der Waals surface area (Å²) < 4.78 is 11.4. The molecule has 6 heteroatoms. The maximum Gasteiger partial charge on any atom is 0.225 e. The highest BCUT2D eigenvalue weighted by Gasteiger charge is 2.18. The quantitative estimate of drug-likeness (QED) is 0.734. The zero-order chi connectivity index (χ0) is 17.3. The summed E-state index contributed by atoms with van der Waals surface area (Å²) >= 11 is 0. The summed E-state index contributed by atoms with van der Waals surface area (Å²) in [5.74, 6) is 2.61. The topological polar surface area (TPSA) is 50.7 Å². The van der Waals surface area contributed by atoms with Gasteiger partial charge in [-0.2, -0.15) is 0 Å². The second kappa shape index (κ2) is 9.22. The second-order valence-electron chi connectivity index (χ2n) is 6.05. The lowest BCUT2D eigenvalue weighted by molar-refractivity contribution is 0.200. The Bertz CT molecular complexity index is 613. The van der Waals surface area contributed by atoms with Crippen molar-refractivity contribution in [3.63, 3.8) is 0 Å². The Morgan fingerprint density at radius 2 is 1.48 bits per heavy atom. The van der Waals surface area contributed by atoms with Crippen LogP contribution in [0.25, 0.3) is 0 Å². The van der Waals surface area contributed by atoms with Crippen molar-refractivity contribution >= 4 is 5.95 Å². The van der Waals surface area contributed by atoms with Gasteiger partial charge in [0.25, 0.3) is 0 Å². The molecule has 0 atom stereocenters. The summed E-state index contributed by atoms with van der Waals surface area (Å²) in [7, 11) is 0. The van der Waals surface area contributed by atoms with Crippen LogP contribution in [0, 0.1) is 0 Å². The minimum atomic E-state index is 0.691. The predicted octanol–water partition coefficient (Wildman–Crippen LogP) is 2.47. The van der Waals surface area contributed by atoms with Crippen molar-refractivity contribution in [3.8, 4) is 11.5 Å². The minimum Gasteiger partial charge on any atom is -0.494 e. The number of hydrogen-bond acceptors (Lipinski definition) is 6. The van der Waals surface area contributed by atoms with E-state index < -0.39 is 0 Å². The average molecular weight is 342 g/mol. The lowest BCUT2D eigenvalue weighted by Crippen LogP contribution is -2.48. The maximum atomic E-state index is 5.84. The predicted molar refractivity (Wildman–Crippen MR) is 98.4 cm³/mol. The van der Waals surface area contributed by atoms with E-state index in [0.717, 1.165) is 63.2 Å². The van der Waals surface area contributed by atoms with E-state index in [2.05, 4.69) is 26.7 Å². The number of hydrogen-bond donors (Lipinski definition) is 0. The van der Waals surface area contributed by atoms with Crippen LogP contribution >= 0.6 is 0 Å². The van der Waals surface area contributed by atoms with E-state index in [-0.39, 0.29) is 0 Å². The molecular formula is C19H26N4O2. The molecular weight excluding hydrogens is 316 g/mol. The lowest BCUT2D eigenvalue weighted by Gasteiger charge is -2.34. The van der Waals surface area contributed by atoms with Crippen molar-refractivity contribution in [2.45, 2.75) is 13.3 Å². The van der Waals surface area contributed by atoms with E-state index in [1.54, 1.807) is 12.4 Å². The van der Waals surface area contributed by atoms with Crippen LogP contribution < -0.4 is 14.4 Å². The first kappa shape index (κ1) is 17.5. The fourth-order valence-corrected chi connectivity index (χ4v) is 2.77. The molecule has 0 aliphatic carbocycles. The number of nitrogens with zero attached hydrogens (tertiary/aromatic N) is 4. The van der Waals surface area contributed by atoms with Crippen molar-refractivity contribution in [2.24, 2.45) is 0 Å². The SMILES string of the molecule is CCCOc1ccc(OCCN2CCN(c3ncccn3)CC2)cc1. The molecule has 3 rings (SSSR count). The fourth-order valence-electron chi connectivity index (χ4n) is 2.77. The van der Waals surface area contributed by atoms with Gasteiger partial charge in [0.05, 0.1) is 6.61 Å². The van der Waals surface area contributed by atoms with E-state index in [1.807, 2.05) is 30.3 Å². The number of ether oxygens (including phenoxy) is 2. The Hall–Kier alpha value is -2.34. The zero-order valence-electron chi connectivity index (χ0n) is 14.8. The van der Waals surface area contributed by atoms with Crippen LogP contribution in [0.2, 0.25) is 0 Å². The number of rotatable bonds is 8. The van der Waals surface area contributed by atoms with Gasteiger partial charge in [-0.25, -0.2) is 9.97 Å². The molecule has 1 aliphatic rings. The molecule has 25 heavy (non-hydrogen) atoms. The van der Waals surface area contributed by atoms with Crippen LogP contribution in [0.3, 0.4) is 0 Å². The smallest absolute Gasteiger partial charge is 0.225 e. The third kappa shape index (κ3) is 5.32. The van der Waals surface area contributed by atoms with E-state index in [1.165, 1.54) is 0 Å². The third-order valence-electron chi connectivity index (χ3n) is 4.18. The highest BCUT2D eigenvalue weighted by molar-refractivity contribution is 5.31. The molecule has 0 saturated carbocycles. The first-order chi connectivity index (χ1) is 12.3. The summed E-state index contributed by atoms with van der Waals surface area (Å²) in [5.41, 5.74) is 0.